The zero-order valence-corrected chi connectivity index (χ0v) is 21.3. The Kier molecular flexibility index (Phi) is 8.59. The van der Waals surface area contributed by atoms with Crippen LogP contribution >= 0.6 is 11.3 Å². The van der Waals surface area contributed by atoms with Gasteiger partial charge in [-0.25, -0.2) is 9.59 Å². The first-order chi connectivity index (χ1) is 17.7. The van der Waals surface area contributed by atoms with Crippen molar-refractivity contribution in [1.29, 1.82) is 0 Å². The third-order valence-corrected chi connectivity index (χ3v) is 8.27. The quantitative estimate of drug-likeness (QED) is 0.360. The van der Waals surface area contributed by atoms with E-state index in [1.807, 2.05) is 6.07 Å². The molecular formula is C27H31F3N2O4S. The van der Waals surface area contributed by atoms with Gasteiger partial charge in [-0.05, 0) is 61.9 Å². The fourth-order valence-corrected chi connectivity index (χ4v) is 6.54. The number of carboxylic acids is 2. The lowest BCUT2D eigenvalue weighted by molar-refractivity contribution is -0.192. The standard InChI is InChI=1S/C25H30N2O2S.C2HF3O2/c28-25(29)21-17-20-24(30-21)22(18-9-3-1-4-10-18)23(19-11-5-2-6-12-19)27(20)16-15-26-13-7-8-14-26;3-2(4,5)1(6)7/h2,5-6,11-12,17-18H,1,3-4,7-10,13-16H2,(H,28,29);(H,6,7). The first-order valence-corrected chi connectivity index (χ1v) is 13.5. The highest BCUT2D eigenvalue weighted by atomic mass is 32.1. The number of hydrogen-bond acceptors (Lipinski definition) is 4. The molecule has 2 aromatic heterocycles. The molecule has 1 aliphatic carbocycles. The Morgan fingerprint density at radius 3 is 2.14 bits per heavy atom. The van der Waals surface area contributed by atoms with Gasteiger partial charge >= 0.3 is 18.1 Å². The lowest BCUT2D eigenvalue weighted by atomic mass is 9.83. The molecule has 1 saturated heterocycles. The van der Waals surface area contributed by atoms with Gasteiger partial charge in [-0.15, -0.1) is 11.3 Å². The molecular weight excluding hydrogens is 505 g/mol. The van der Waals surface area contributed by atoms with E-state index in [-0.39, 0.29) is 0 Å². The molecule has 2 N–H and O–H groups in total. The molecule has 3 heterocycles. The van der Waals surface area contributed by atoms with Crippen molar-refractivity contribution in [3.8, 4) is 11.3 Å². The summed E-state index contributed by atoms with van der Waals surface area (Å²) in [5.41, 5.74) is 5.13. The van der Waals surface area contributed by atoms with Gasteiger partial charge in [0.1, 0.15) is 4.88 Å². The number of halogens is 3. The molecule has 0 bridgehead atoms. The summed E-state index contributed by atoms with van der Waals surface area (Å²) in [5.74, 6) is -3.03. The van der Waals surface area contributed by atoms with Gasteiger partial charge in [0.15, 0.2) is 0 Å². The number of likely N-dealkylation sites (tertiary alicyclic amines) is 1. The molecule has 10 heteroatoms. The third kappa shape index (κ3) is 6.35. The Balaban J connectivity index is 0.000000405. The molecule has 0 radical (unpaired) electrons. The number of aromatic nitrogens is 1. The molecule has 0 atom stereocenters. The predicted molar refractivity (Wildman–Crippen MR) is 137 cm³/mol. The number of carbonyl (C=O) groups is 2. The fraction of sp³-hybridized carbons (Fsp3) is 0.481. The van der Waals surface area contributed by atoms with Crippen LogP contribution in [-0.4, -0.2) is 57.4 Å². The highest BCUT2D eigenvalue weighted by Gasteiger charge is 2.38. The van der Waals surface area contributed by atoms with E-state index in [9.17, 15) is 23.1 Å². The molecule has 0 spiro atoms. The number of carboxylic acid groups (broad SMARTS) is 2. The Morgan fingerprint density at radius 1 is 0.946 bits per heavy atom. The number of thiophene rings is 1. The first-order valence-electron chi connectivity index (χ1n) is 12.6. The Bertz CT molecular complexity index is 1220. The number of rotatable bonds is 6. The molecule has 3 aromatic rings. The minimum absolute atomic E-state index is 0.464. The van der Waals surface area contributed by atoms with Crippen LogP contribution in [0.15, 0.2) is 36.4 Å². The number of benzene rings is 1. The first kappa shape index (κ1) is 27.2. The van der Waals surface area contributed by atoms with Crippen LogP contribution in [0.3, 0.4) is 0 Å². The third-order valence-electron chi connectivity index (χ3n) is 7.13. The molecule has 1 saturated carbocycles. The van der Waals surface area contributed by atoms with Gasteiger partial charge in [-0.2, -0.15) is 13.2 Å². The van der Waals surface area contributed by atoms with E-state index in [1.165, 1.54) is 90.9 Å². The highest BCUT2D eigenvalue weighted by molar-refractivity contribution is 7.21. The monoisotopic (exact) mass is 536 g/mol. The lowest BCUT2D eigenvalue weighted by Crippen LogP contribution is -2.24. The predicted octanol–water partition coefficient (Wildman–Crippen LogP) is 6.84. The number of alkyl halides is 3. The van der Waals surface area contributed by atoms with Crippen LogP contribution in [-0.2, 0) is 11.3 Å². The Hall–Kier alpha value is -2.85. The molecule has 37 heavy (non-hydrogen) atoms. The smallest absolute Gasteiger partial charge is 0.477 e. The van der Waals surface area contributed by atoms with Crippen LogP contribution in [0.2, 0.25) is 0 Å². The lowest BCUT2D eigenvalue weighted by Gasteiger charge is -2.24. The number of nitrogens with zero attached hydrogens (tertiary/aromatic N) is 2. The average molecular weight is 537 g/mol. The summed E-state index contributed by atoms with van der Waals surface area (Å²) >= 11 is 1.48. The molecule has 1 aromatic carbocycles. The van der Waals surface area contributed by atoms with E-state index < -0.39 is 18.1 Å². The zero-order valence-electron chi connectivity index (χ0n) is 20.5. The van der Waals surface area contributed by atoms with Gasteiger partial charge in [0, 0.05) is 13.1 Å². The minimum Gasteiger partial charge on any atom is -0.477 e. The number of fused-ring (bicyclic) bond motifs is 1. The molecule has 6 nitrogen and oxygen atoms in total. The fourth-order valence-electron chi connectivity index (χ4n) is 5.41. The average Bonchev–Trinajstić information content (AvgIpc) is 3.60. The molecule has 2 aliphatic rings. The summed E-state index contributed by atoms with van der Waals surface area (Å²) in [6.07, 6.45) is 3.80. The largest absolute Gasteiger partial charge is 0.490 e. The number of aliphatic carboxylic acids is 1. The van der Waals surface area contributed by atoms with Crippen molar-refractivity contribution in [2.75, 3.05) is 19.6 Å². The maximum absolute atomic E-state index is 11.8. The zero-order chi connectivity index (χ0) is 26.6. The topological polar surface area (TPSA) is 82.8 Å². The molecule has 1 aliphatic heterocycles. The number of hydrogen-bond donors (Lipinski definition) is 2. The van der Waals surface area contributed by atoms with Gasteiger partial charge in [0.05, 0.1) is 15.9 Å². The van der Waals surface area contributed by atoms with E-state index in [4.69, 9.17) is 9.90 Å². The van der Waals surface area contributed by atoms with Crippen molar-refractivity contribution in [1.82, 2.24) is 9.47 Å². The van der Waals surface area contributed by atoms with Gasteiger partial charge < -0.3 is 19.7 Å². The van der Waals surface area contributed by atoms with Crippen LogP contribution in [0.5, 0.6) is 0 Å². The van der Waals surface area contributed by atoms with Crippen molar-refractivity contribution >= 4 is 33.5 Å². The second kappa shape index (κ2) is 11.7. The van der Waals surface area contributed by atoms with Crippen LogP contribution < -0.4 is 0 Å². The van der Waals surface area contributed by atoms with Crippen molar-refractivity contribution < 1.29 is 33.0 Å². The van der Waals surface area contributed by atoms with Gasteiger partial charge in [-0.3, -0.25) is 0 Å². The van der Waals surface area contributed by atoms with Crippen molar-refractivity contribution in [3.05, 3.63) is 46.8 Å². The molecule has 200 valence electrons. The summed E-state index contributed by atoms with van der Waals surface area (Å²) in [4.78, 5) is 23.7. The van der Waals surface area contributed by atoms with Gasteiger partial charge in [0.2, 0.25) is 0 Å². The Morgan fingerprint density at radius 2 is 1.57 bits per heavy atom. The van der Waals surface area contributed by atoms with Gasteiger partial charge in [-0.1, -0.05) is 49.6 Å². The summed E-state index contributed by atoms with van der Waals surface area (Å²) in [5, 5.41) is 16.8. The maximum Gasteiger partial charge on any atom is 0.490 e. The van der Waals surface area contributed by atoms with Crippen molar-refractivity contribution in [3.63, 3.8) is 0 Å². The minimum atomic E-state index is -5.08. The number of aromatic carboxylic acids is 1. The van der Waals surface area contributed by atoms with E-state index in [0.29, 0.717) is 10.8 Å². The van der Waals surface area contributed by atoms with Crippen molar-refractivity contribution in [2.45, 2.75) is 63.6 Å². The summed E-state index contributed by atoms with van der Waals surface area (Å²) < 4.78 is 35.4. The van der Waals surface area contributed by atoms with E-state index >= 15 is 0 Å². The second-order valence-corrected chi connectivity index (χ2v) is 10.6. The van der Waals surface area contributed by atoms with E-state index in [0.717, 1.165) is 18.6 Å². The normalized spacial score (nSPS) is 17.1. The summed E-state index contributed by atoms with van der Waals surface area (Å²) in [6.45, 7) is 4.32. The molecule has 0 amide bonds. The van der Waals surface area contributed by atoms with Crippen LogP contribution in [0, 0.1) is 0 Å². The van der Waals surface area contributed by atoms with E-state index in [1.54, 1.807) is 0 Å². The SMILES string of the molecule is O=C(O)C(F)(F)F.O=C(O)c1cc2c(s1)c(C1CCCCC1)c(-c1ccccc1)n2CCN1CCCC1. The maximum atomic E-state index is 11.8. The molecule has 2 fully saturated rings. The summed E-state index contributed by atoms with van der Waals surface area (Å²) in [7, 11) is 0. The van der Waals surface area contributed by atoms with Crippen LogP contribution in [0.1, 0.15) is 66.1 Å². The van der Waals surface area contributed by atoms with Crippen molar-refractivity contribution in [2.24, 2.45) is 0 Å². The van der Waals surface area contributed by atoms with E-state index in [2.05, 4.69) is 39.8 Å². The van der Waals surface area contributed by atoms with Gasteiger partial charge in [0.25, 0.3) is 0 Å². The Labute approximate surface area is 217 Å². The van der Waals surface area contributed by atoms with Crippen LogP contribution in [0.4, 0.5) is 13.2 Å². The summed E-state index contributed by atoms with van der Waals surface area (Å²) in [6, 6.07) is 12.7. The van der Waals surface area contributed by atoms with Crippen LogP contribution in [0.25, 0.3) is 21.5 Å². The molecule has 0 unspecified atom stereocenters. The highest BCUT2D eigenvalue weighted by Crippen LogP contribution is 2.46. The second-order valence-electron chi connectivity index (χ2n) is 9.60. The molecule has 5 rings (SSSR count).